The van der Waals surface area contributed by atoms with Crippen LogP contribution in [-0.4, -0.2) is 33.2 Å². The maximum atomic E-state index is 12.2. The summed E-state index contributed by atoms with van der Waals surface area (Å²) in [5.74, 6) is 0.270. The van der Waals surface area contributed by atoms with Crippen LogP contribution in [0.25, 0.3) is 0 Å². The largest absolute Gasteiger partial charge is 0.376 e. The monoisotopic (exact) mass is 302 g/mol. The second-order valence-electron chi connectivity index (χ2n) is 4.97. The third-order valence-corrected chi connectivity index (χ3v) is 5.54. The zero-order valence-corrected chi connectivity index (χ0v) is 11.7. The minimum absolute atomic E-state index is 0.0936. The van der Waals surface area contributed by atoms with E-state index in [1.807, 2.05) is 0 Å². The summed E-state index contributed by atoms with van der Waals surface area (Å²) in [6.45, 7) is 0.651. The van der Waals surface area contributed by atoms with Gasteiger partial charge in [-0.3, -0.25) is 0 Å². The van der Waals surface area contributed by atoms with E-state index in [-0.39, 0.29) is 29.0 Å². The number of halogens is 1. The van der Waals surface area contributed by atoms with E-state index in [1.165, 1.54) is 12.1 Å². The standard InChI is InChI=1S/C12H15ClN2O3S/c13-7-2-1-3-8(6-7)19(16,17)15-11-10(14)9-4-5-18-12(9)11/h1-3,6,9-12,15H,4-5,14H2. The van der Waals surface area contributed by atoms with Crippen molar-refractivity contribution in [2.45, 2.75) is 29.5 Å². The summed E-state index contributed by atoms with van der Waals surface area (Å²) in [4.78, 5) is 0.147. The third kappa shape index (κ3) is 2.28. The van der Waals surface area contributed by atoms with E-state index >= 15 is 0 Å². The Hall–Kier alpha value is -0.660. The van der Waals surface area contributed by atoms with Crippen LogP contribution >= 0.6 is 11.6 Å². The first-order valence-electron chi connectivity index (χ1n) is 6.14. The van der Waals surface area contributed by atoms with Gasteiger partial charge in [-0.15, -0.1) is 0 Å². The molecule has 1 saturated carbocycles. The highest BCUT2D eigenvalue weighted by molar-refractivity contribution is 7.89. The molecule has 0 bridgehead atoms. The average molecular weight is 303 g/mol. The average Bonchev–Trinajstić information content (AvgIpc) is 2.81. The van der Waals surface area contributed by atoms with E-state index < -0.39 is 10.0 Å². The summed E-state index contributed by atoms with van der Waals surface area (Å²) in [6, 6.07) is 5.63. The number of nitrogens with one attached hydrogen (secondary N) is 1. The Morgan fingerprint density at radius 2 is 2.21 bits per heavy atom. The summed E-state index contributed by atoms with van der Waals surface area (Å²) >= 11 is 5.81. The van der Waals surface area contributed by atoms with Gasteiger partial charge in [0.2, 0.25) is 10.0 Å². The molecule has 3 N–H and O–H groups in total. The molecule has 1 aromatic rings. The fourth-order valence-electron chi connectivity index (χ4n) is 2.78. The Kier molecular flexibility index (Phi) is 3.31. The molecule has 1 aliphatic carbocycles. The normalized spacial score (nSPS) is 33.8. The van der Waals surface area contributed by atoms with Crippen molar-refractivity contribution in [3.63, 3.8) is 0 Å². The van der Waals surface area contributed by atoms with Crippen LogP contribution in [0.5, 0.6) is 0 Å². The first-order chi connectivity index (χ1) is 8.99. The van der Waals surface area contributed by atoms with Crippen LogP contribution in [0.1, 0.15) is 6.42 Å². The lowest BCUT2D eigenvalue weighted by molar-refractivity contribution is -0.00923. The number of hydrogen-bond donors (Lipinski definition) is 2. The van der Waals surface area contributed by atoms with Crippen LogP contribution in [0.3, 0.4) is 0 Å². The fourth-order valence-corrected chi connectivity index (χ4v) is 4.36. The Labute approximate surface area is 117 Å². The van der Waals surface area contributed by atoms with Crippen LogP contribution in [0.2, 0.25) is 5.02 Å². The van der Waals surface area contributed by atoms with E-state index in [2.05, 4.69) is 4.72 Å². The van der Waals surface area contributed by atoms with Crippen molar-refractivity contribution in [3.8, 4) is 0 Å². The van der Waals surface area contributed by atoms with Crippen LogP contribution in [-0.2, 0) is 14.8 Å². The van der Waals surface area contributed by atoms with Crippen molar-refractivity contribution >= 4 is 21.6 Å². The van der Waals surface area contributed by atoms with E-state index in [4.69, 9.17) is 22.1 Å². The van der Waals surface area contributed by atoms with Crippen molar-refractivity contribution in [2.24, 2.45) is 11.7 Å². The molecule has 1 saturated heterocycles. The molecule has 0 aromatic heterocycles. The van der Waals surface area contributed by atoms with Crippen LogP contribution in [0.4, 0.5) is 0 Å². The lowest BCUT2D eigenvalue weighted by Gasteiger charge is -2.45. The topological polar surface area (TPSA) is 81.4 Å². The first kappa shape index (κ1) is 13.3. The highest BCUT2D eigenvalue weighted by atomic mass is 35.5. The molecule has 104 valence electrons. The molecule has 5 nitrogen and oxygen atoms in total. The Morgan fingerprint density at radius 1 is 1.42 bits per heavy atom. The molecule has 19 heavy (non-hydrogen) atoms. The van der Waals surface area contributed by atoms with Crippen LogP contribution < -0.4 is 10.5 Å². The Balaban J connectivity index is 1.79. The van der Waals surface area contributed by atoms with E-state index in [0.717, 1.165) is 6.42 Å². The number of hydrogen-bond acceptors (Lipinski definition) is 4. The minimum atomic E-state index is -3.61. The second-order valence-corrected chi connectivity index (χ2v) is 7.12. The molecule has 3 rings (SSSR count). The smallest absolute Gasteiger partial charge is 0.241 e. The lowest BCUT2D eigenvalue weighted by Crippen LogP contribution is -2.68. The molecule has 1 aliphatic heterocycles. The molecule has 4 unspecified atom stereocenters. The molecule has 4 atom stereocenters. The number of ether oxygens (including phenoxy) is 1. The van der Waals surface area contributed by atoms with E-state index in [9.17, 15) is 8.42 Å². The van der Waals surface area contributed by atoms with Crippen molar-refractivity contribution in [1.29, 1.82) is 0 Å². The maximum absolute atomic E-state index is 12.2. The molecular weight excluding hydrogens is 288 g/mol. The Morgan fingerprint density at radius 3 is 2.95 bits per heavy atom. The van der Waals surface area contributed by atoms with Gasteiger partial charge in [0, 0.05) is 23.6 Å². The van der Waals surface area contributed by atoms with Gasteiger partial charge in [0.15, 0.2) is 0 Å². The number of rotatable bonds is 3. The Bertz CT molecular complexity index is 592. The first-order valence-corrected chi connectivity index (χ1v) is 8.00. The zero-order valence-electron chi connectivity index (χ0n) is 10.1. The molecule has 7 heteroatoms. The molecule has 0 amide bonds. The van der Waals surface area contributed by atoms with Gasteiger partial charge in [-0.2, -0.15) is 0 Å². The number of benzene rings is 1. The van der Waals surface area contributed by atoms with E-state index in [1.54, 1.807) is 12.1 Å². The predicted octanol–water partition coefficient (Wildman–Crippen LogP) is 0.733. The fraction of sp³-hybridized carbons (Fsp3) is 0.500. The summed E-state index contributed by atoms with van der Waals surface area (Å²) in [5.41, 5.74) is 5.99. The molecule has 2 fully saturated rings. The molecule has 1 heterocycles. The summed E-state index contributed by atoms with van der Waals surface area (Å²) in [6.07, 6.45) is 0.810. The van der Waals surface area contributed by atoms with Gasteiger partial charge in [0.1, 0.15) is 0 Å². The maximum Gasteiger partial charge on any atom is 0.241 e. The summed E-state index contributed by atoms with van der Waals surface area (Å²) < 4.78 is 32.6. The quantitative estimate of drug-likeness (QED) is 0.862. The van der Waals surface area contributed by atoms with Gasteiger partial charge >= 0.3 is 0 Å². The molecule has 1 aromatic carbocycles. The summed E-state index contributed by atoms with van der Waals surface area (Å²) in [7, 11) is -3.61. The number of fused-ring (bicyclic) bond motifs is 1. The van der Waals surface area contributed by atoms with Crippen molar-refractivity contribution < 1.29 is 13.2 Å². The zero-order chi connectivity index (χ0) is 13.6. The lowest BCUT2D eigenvalue weighted by atomic mass is 9.73. The van der Waals surface area contributed by atoms with Gasteiger partial charge in [-0.25, -0.2) is 13.1 Å². The van der Waals surface area contributed by atoms with Gasteiger partial charge in [0.05, 0.1) is 17.0 Å². The second kappa shape index (κ2) is 4.71. The number of nitrogens with two attached hydrogens (primary N) is 1. The SMILES string of the molecule is NC1C2CCOC2C1NS(=O)(=O)c1cccc(Cl)c1. The highest BCUT2D eigenvalue weighted by Crippen LogP contribution is 2.38. The highest BCUT2D eigenvalue weighted by Gasteiger charge is 2.53. The van der Waals surface area contributed by atoms with Gasteiger partial charge in [-0.1, -0.05) is 17.7 Å². The molecule has 2 aliphatic rings. The molecular formula is C12H15ClN2O3S. The van der Waals surface area contributed by atoms with Gasteiger partial charge < -0.3 is 10.5 Å². The van der Waals surface area contributed by atoms with Gasteiger partial charge in [-0.05, 0) is 24.6 Å². The van der Waals surface area contributed by atoms with Crippen LogP contribution in [0, 0.1) is 5.92 Å². The van der Waals surface area contributed by atoms with Crippen molar-refractivity contribution in [3.05, 3.63) is 29.3 Å². The van der Waals surface area contributed by atoms with Crippen LogP contribution in [0.15, 0.2) is 29.2 Å². The number of sulfonamides is 1. The van der Waals surface area contributed by atoms with Gasteiger partial charge in [0.25, 0.3) is 0 Å². The molecule has 0 radical (unpaired) electrons. The predicted molar refractivity (Wildman–Crippen MR) is 71.4 cm³/mol. The third-order valence-electron chi connectivity index (χ3n) is 3.84. The van der Waals surface area contributed by atoms with Crippen molar-refractivity contribution in [2.75, 3.05) is 6.61 Å². The molecule has 0 spiro atoms. The summed E-state index contributed by atoms with van der Waals surface area (Å²) in [5, 5.41) is 0.385. The van der Waals surface area contributed by atoms with E-state index in [0.29, 0.717) is 11.6 Å². The minimum Gasteiger partial charge on any atom is -0.376 e. The van der Waals surface area contributed by atoms with Crippen molar-refractivity contribution in [1.82, 2.24) is 4.72 Å².